The molecule has 1 aromatic heterocycles. The summed E-state index contributed by atoms with van der Waals surface area (Å²) in [5.41, 5.74) is 4.09. The fraction of sp³-hybridized carbons (Fsp3) is 0.476. The lowest BCUT2D eigenvalue weighted by Crippen LogP contribution is -2.48. The molecule has 0 spiro atoms. The van der Waals surface area contributed by atoms with Gasteiger partial charge in [-0.1, -0.05) is 18.2 Å². The number of carbonyl (C=O) groups excluding carboxylic acids is 1. The van der Waals surface area contributed by atoms with E-state index in [1.54, 1.807) is 0 Å². The van der Waals surface area contributed by atoms with Crippen LogP contribution in [0.15, 0.2) is 35.7 Å². The molecule has 4 rings (SSSR count). The minimum atomic E-state index is 0.0324. The summed E-state index contributed by atoms with van der Waals surface area (Å²) in [5.74, 6) is 0.0324. The first-order chi connectivity index (χ1) is 13.1. The van der Waals surface area contributed by atoms with Crippen molar-refractivity contribution in [2.24, 2.45) is 0 Å². The third-order valence-electron chi connectivity index (χ3n) is 5.80. The molecule has 2 aliphatic rings. The quantitative estimate of drug-likeness (QED) is 0.860. The molecule has 144 valence electrons. The monoisotopic (exact) mass is 384 g/mol. The van der Waals surface area contributed by atoms with Crippen LogP contribution in [0.25, 0.3) is 0 Å². The van der Waals surface area contributed by atoms with Crippen molar-refractivity contribution in [2.45, 2.75) is 12.5 Å². The van der Waals surface area contributed by atoms with E-state index in [9.17, 15) is 4.79 Å². The van der Waals surface area contributed by atoms with E-state index in [4.69, 9.17) is 0 Å². The van der Waals surface area contributed by atoms with Gasteiger partial charge in [0, 0.05) is 52.0 Å². The number of amides is 1. The van der Waals surface area contributed by atoms with Gasteiger partial charge in [-0.25, -0.2) is 0 Å². The van der Waals surface area contributed by atoms with E-state index in [2.05, 4.69) is 52.3 Å². The molecular formula is C21H28N4OS. The fourth-order valence-electron chi connectivity index (χ4n) is 4.07. The van der Waals surface area contributed by atoms with Crippen LogP contribution in [0.4, 0.5) is 5.69 Å². The molecular weight excluding hydrogens is 356 g/mol. The maximum Gasteiger partial charge on any atom is 0.261 e. The van der Waals surface area contributed by atoms with Crippen LogP contribution in [0.2, 0.25) is 0 Å². The number of nitrogens with one attached hydrogen (secondary N) is 1. The molecule has 5 nitrogen and oxygen atoms in total. The summed E-state index contributed by atoms with van der Waals surface area (Å²) in [7, 11) is 4.33. The average molecular weight is 385 g/mol. The van der Waals surface area contributed by atoms with Crippen molar-refractivity contribution in [2.75, 3.05) is 58.3 Å². The van der Waals surface area contributed by atoms with Crippen molar-refractivity contribution >= 4 is 22.9 Å². The Morgan fingerprint density at radius 3 is 2.70 bits per heavy atom. The maximum atomic E-state index is 12.5. The molecule has 1 aromatic carbocycles. The zero-order valence-electron chi connectivity index (χ0n) is 16.1. The van der Waals surface area contributed by atoms with E-state index in [0.717, 1.165) is 44.0 Å². The SMILES string of the molecule is CN1CCN(C(CNC(=O)c2cccs2)c2ccc3c(c2)CCN3C)CC1. The second kappa shape index (κ2) is 8.00. The van der Waals surface area contributed by atoms with Crippen molar-refractivity contribution < 1.29 is 4.79 Å². The zero-order valence-corrected chi connectivity index (χ0v) is 17.0. The number of hydrogen-bond acceptors (Lipinski definition) is 5. The minimum Gasteiger partial charge on any atom is -0.374 e. The Bertz CT molecular complexity index is 783. The smallest absolute Gasteiger partial charge is 0.261 e. The van der Waals surface area contributed by atoms with Crippen molar-refractivity contribution in [3.63, 3.8) is 0 Å². The number of hydrogen-bond donors (Lipinski definition) is 1. The molecule has 1 fully saturated rings. The van der Waals surface area contributed by atoms with Crippen LogP contribution in [-0.2, 0) is 6.42 Å². The lowest BCUT2D eigenvalue weighted by molar-refractivity contribution is 0.0889. The maximum absolute atomic E-state index is 12.5. The normalized spacial score (nSPS) is 19.1. The third kappa shape index (κ3) is 4.03. The summed E-state index contributed by atoms with van der Waals surface area (Å²) in [4.78, 5) is 20.5. The summed E-state index contributed by atoms with van der Waals surface area (Å²) in [6, 6.07) is 10.9. The van der Waals surface area contributed by atoms with E-state index < -0.39 is 0 Å². The highest BCUT2D eigenvalue weighted by atomic mass is 32.1. The van der Waals surface area contributed by atoms with Gasteiger partial charge in [0.05, 0.1) is 10.9 Å². The first kappa shape index (κ1) is 18.5. The summed E-state index contributed by atoms with van der Waals surface area (Å²) in [6.45, 7) is 5.95. The molecule has 6 heteroatoms. The number of rotatable bonds is 5. The Kier molecular flexibility index (Phi) is 5.48. The first-order valence-corrected chi connectivity index (χ1v) is 10.6. The van der Waals surface area contributed by atoms with Gasteiger partial charge in [-0.2, -0.15) is 0 Å². The molecule has 2 aromatic rings. The largest absolute Gasteiger partial charge is 0.374 e. The Morgan fingerprint density at radius 2 is 1.96 bits per heavy atom. The van der Waals surface area contributed by atoms with E-state index in [1.165, 1.54) is 28.2 Å². The zero-order chi connectivity index (χ0) is 18.8. The standard InChI is InChI=1S/C21H28N4OS/c1-23-9-11-25(12-10-23)19(15-22-21(26)20-4-3-13-27-20)16-5-6-18-17(14-16)7-8-24(18)2/h3-6,13-14,19H,7-12,15H2,1-2H3,(H,22,26). The van der Waals surface area contributed by atoms with E-state index >= 15 is 0 Å². The van der Waals surface area contributed by atoms with Crippen molar-refractivity contribution in [1.82, 2.24) is 15.1 Å². The summed E-state index contributed by atoms with van der Waals surface area (Å²) < 4.78 is 0. The van der Waals surface area contributed by atoms with Crippen LogP contribution in [0.3, 0.4) is 0 Å². The van der Waals surface area contributed by atoms with Gasteiger partial charge < -0.3 is 15.1 Å². The number of fused-ring (bicyclic) bond motifs is 1. The first-order valence-electron chi connectivity index (χ1n) is 9.70. The lowest BCUT2D eigenvalue weighted by atomic mass is 10.00. The number of nitrogens with zero attached hydrogens (tertiary/aromatic N) is 3. The molecule has 1 saturated heterocycles. The highest BCUT2D eigenvalue weighted by molar-refractivity contribution is 7.12. The molecule has 1 N–H and O–H groups in total. The topological polar surface area (TPSA) is 38.8 Å². The summed E-state index contributed by atoms with van der Waals surface area (Å²) in [6.07, 6.45) is 1.11. The Balaban J connectivity index is 1.53. The molecule has 27 heavy (non-hydrogen) atoms. The second-order valence-corrected chi connectivity index (χ2v) is 8.55. The highest BCUT2D eigenvalue weighted by Crippen LogP contribution is 2.31. The molecule has 0 aliphatic carbocycles. The summed E-state index contributed by atoms with van der Waals surface area (Å²) in [5, 5.41) is 5.12. The third-order valence-corrected chi connectivity index (χ3v) is 6.66. The van der Waals surface area contributed by atoms with Gasteiger partial charge in [-0.3, -0.25) is 9.69 Å². The van der Waals surface area contributed by atoms with Gasteiger partial charge in [0.1, 0.15) is 0 Å². The van der Waals surface area contributed by atoms with E-state index in [-0.39, 0.29) is 11.9 Å². The Labute approximate surface area is 165 Å². The number of anilines is 1. The van der Waals surface area contributed by atoms with Crippen LogP contribution in [0, 0.1) is 0 Å². The molecule has 3 heterocycles. The molecule has 0 bridgehead atoms. The highest BCUT2D eigenvalue weighted by Gasteiger charge is 2.26. The van der Waals surface area contributed by atoms with Gasteiger partial charge >= 0.3 is 0 Å². The predicted molar refractivity (Wildman–Crippen MR) is 112 cm³/mol. The number of thiophene rings is 1. The summed E-state index contributed by atoms with van der Waals surface area (Å²) >= 11 is 1.49. The van der Waals surface area contributed by atoms with Crippen LogP contribution in [0.5, 0.6) is 0 Å². The number of likely N-dealkylation sites (N-methyl/N-ethyl adjacent to an activating group) is 2. The molecule has 1 amide bonds. The molecule has 1 unspecified atom stereocenters. The fourth-order valence-corrected chi connectivity index (χ4v) is 4.71. The average Bonchev–Trinajstić information content (AvgIpc) is 3.34. The van der Waals surface area contributed by atoms with Gasteiger partial charge in [-0.15, -0.1) is 11.3 Å². The van der Waals surface area contributed by atoms with Crippen molar-refractivity contribution in [1.29, 1.82) is 0 Å². The molecule has 2 aliphatic heterocycles. The van der Waals surface area contributed by atoms with E-state index in [0.29, 0.717) is 6.54 Å². The predicted octanol–water partition coefficient (Wildman–Crippen LogP) is 2.46. The van der Waals surface area contributed by atoms with Crippen LogP contribution >= 0.6 is 11.3 Å². The van der Waals surface area contributed by atoms with Gasteiger partial charge in [-0.05, 0) is 42.1 Å². The number of piperazine rings is 1. The Hall–Kier alpha value is -1.89. The minimum absolute atomic E-state index is 0.0324. The van der Waals surface area contributed by atoms with Crippen LogP contribution < -0.4 is 10.2 Å². The van der Waals surface area contributed by atoms with Gasteiger partial charge in [0.25, 0.3) is 5.91 Å². The van der Waals surface area contributed by atoms with Crippen LogP contribution in [0.1, 0.15) is 26.8 Å². The van der Waals surface area contributed by atoms with Crippen molar-refractivity contribution in [3.8, 4) is 0 Å². The molecule has 0 radical (unpaired) electrons. The lowest BCUT2D eigenvalue weighted by Gasteiger charge is -2.38. The van der Waals surface area contributed by atoms with Gasteiger partial charge in [0.15, 0.2) is 0 Å². The number of benzene rings is 1. The van der Waals surface area contributed by atoms with Gasteiger partial charge in [0.2, 0.25) is 0 Å². The molecule has 0 saturated carbocycles. The second-order valence-electron chi connectivity index (χ2n) is 7.60. The number of carbonyl (C=O) groups is 1. The van der Waals surface area contributed by atoms with E-state index in [1.807, 2.05) is 17.5 Å². The van der Waals surface area contributed by atoms with Crippen LogP contribution in [-0.4, -0.2) is 69.1 Å². The Morgan fingerprint density at radius 1 is 1.15 bits per heavy atom. The van der Waals surface area contributed by atoms with Crippen molar-refractivity contribution in [3.05, 3.63) is 51.7 Å². The molecule has 1 atom stereocenters.